The fourth-order valence-corrected chi connectivity index (χ4v) is 3.63. The average Bonchev–Trinajstić information content (AvgIpc) is 2.81. The van der Waals surface area contributed by atoms with Gasteiger partial charge in [-0.15, -0.1) is 0 Å². The lowest BCUT2D eigenvalue weighted by molar-refractivity contribution is 0.0943. The Hall–Kier alpha value is -4.05. The first kappa shape index (κ1) is 18.0. The lowest BCUT2D eigenvalue weighted by atomic mass is 9.98. The summed E-state index contributed by atoms with van der Waals surface area (Å²) in [6.45, 7) is 0. The Bertz CT molecular complexity index is 1290. The zero-order valence-electron chi connectivity index (χ0n) is 16.2. The molecule has 1 amide bonds. The molecule has 1 heterocycles. The predicted molar refractivity (Wildman–Crippen MR) is 119 cm³/mol. The minimum atomic E-state index is -0.238. The van der Waals surface area contributed by atoms with E-state index in [9.17, 15) is 4.79 Å². The second kappa shape index (κ2) is 7.76. The standard InChI is InChI=1S/C26H19N3O/c30-26(29-25(18-9-3-1-4-10-18)19-11-5-2-6-12-19)20-15-16-23-24(17-20)28-22-14-8-7-13-21(22)27-23/h1-17,25H,(H,29,30). The Labute approximate surface area is 174 Å². The van der Waals surface area contributed by atoms with Crippen molar-refractivity contribution in [1.29, 1.82) is 0 Å². The Morgan fingerprint density at radius 1 is 0.600 bits per heavy atom. The van der Waals surface area contributed by atoms with Gasteiger partial charge in [0.05, 0.1) is 28.1 Å². The number of fused-ring (bicyclic) bond motifs is 2. The number of nitrogens with zero attached hydrogens (tertiary/aromatic N) is 2. The van der Waals surface area contributed by atoms with Crippen LogP contribution in [0.5, 0.6) is 0 Å². The minimum Gasteiger partial charge on any atom is -0.341 e. The van der Waals surface area contributed by atoms with Crippen LogP contribution >= 0.6 is 0 Å². The van der Waals surface area contributed by atoms with Crippen LogP contribution in [0.3, 0.4) is 0 Å². The monoisotopic (exact) mass is 389 g/mol. The molecular weight excluding hydrogens is 370 g/mol. The maximum absolute atomic E-state index is 13.1. The zero-order chi connectivity index (χ0) is 20.3. The molecule has 0 fully saturated rings. The van der Waals surface area contributed by atoms with Crippen LogP contribution in [-0.2, 0) is 0 Å². The van der Waals surface area contributed by atoms with Crippen LogP contribution in [0.2, 0.25) is 0 Å². The summed E-state index contributed by atoms with van der Waals surface area (Å²) in [7, 11) is 0. The first-order chi connectivity index (χ1) is 14.8. The van der Waals surface area contributed by atoms with Gasteiger partial charge in [0.2, 0.25) is 0 Å². The van der Waals surface area contributed by atoms with Crippen LogP contribution < -0.4 is 5.32 Å². The summed E-state index contributed by atoms with van der Waals surface area (Å²) in [5, 5.41) is 3.18. The molecule has 0 spiro atoms. The molecule has 4 heteroatoms. The SMILES string of the molecule is O=C(NC(c1ccccc1)c1ccccc1)c1ccc2nc3ccccc3nc2c1. The summed E-state index contributed by atoms with van der Waals surface area (Å²) in [6, 6.07) is 32.9. The summed E-state index contributed by atoms with van der Waals surface area (Å²) in [6.07, 6.45) is 0. The Morgan fingerprint density at radius 3 is 1.70 bits per heavy atom. The van der Waals surface area contributed by atoms with Crippen molar-refractivity contribution in [1.82, 2.24) is 15.3 Å². The van der Waals surface area contributed by atoms with Crippen molar-refractivity contribution in [2.45, 2.75) is 6.04 Å². The van der Waals surface area contributed by atoms with Gasteiger partial charge in [-0.3, -0.25) is 4.79 Å². The molecule has 0 saturated heterocycles. The number of carbonyl (C=O) groups excluding carboxylic acids is 1. The molecule has 0 aliphatic rings. The fourth-order valence-electron chi connectivity index (χ4n) is 3.63. The Balaban J connectivity index is 1.50. The summed E-state index contributed by atoms with van der Waals surface area (Å²) >= 11 is 0. The van der Waals surface area contributed by atoms with Gasteiger partial charge < -0.3 is 5.32 Å². The zero-order valence-corrected chi connectivity index (χ0v) is 16.2. The van der Waals surface area contributed by atoms with Crippen LogP contribution in [0, 0.1) is 0 Å². The van der Waals surface area contributed by atoms with Crippen molar-refractivity contribution < 1.29 is 4.79 Å². The third kappa shape index (κ3) is 3.51. The number of carbonyl (C=O) groups is 1. The van der Waals surface area contributed by atoms with E-state index >= 15 is 0 Å². The number of amides is 1. The number of hydrogen-bond acceptors (Lipinski definition) is 3. The van der Waals surface area contributed by atoms with Crippen LogP contribution in [0.1, 0.15) is 27.5 Å². The van der Waals surface area contributed by atoms with E-state index < -0.39 is 0 Å². The summed E-state index contributed by atoms with van der Waals surface area (Å²) in [5.74, 6) is -0.149. The highest BCUT2D eigenvalue weighted by Crippen LogP contribution is 2.23. The number of benzene rings is 4. The van der Waals surface area contributed by atoms with Gasteiger partial charge in [0.1, 0.15) is 0 Å². The maximum atomic E-state index is 13.1. The van der Waals surface area contributed by atoms with E-state index in [2.05, 4.69) is 15.3 Å². The molecule has 0 radical (unpaired) electrons. The molecule has 1 N–H and O–H groups in total. The van der Waals surface area contributed by atoms with Gasteiger partial charge in [0.25, 0.3) is 5.91 Å². The van der Waals surface area contributed by atoms with Crippen molar-refractivity contribution in [3.63, 3.8) is 0 Å². The molecule has 1 aromatic heterocycles. The van der Waals surface area contributed by atoms with Gasteiger partial charge in [0, 0.05) is 5.56 Å². The normalized spacial score (nSPS) is 11.1. The molecular formula is C26H19N3O. The Kier molecular flexibility index (Phi) is 4.66. The summed E-state index contributed by atoms with van der Waals surface area (Å²) in [5.41, 5.74) is 5.76. The fraction of sp³-hybridized carbons (Fsp3) is 0.0385. The predicted octanol–water partition coefficient (Wildman–Crippen LogP) is 5.30. The van der Waals surface area contributed by atoms with E-state index in [1.54, 1.807) is 12.1 Å². The van der Waals surface area contributed by atoms with Gasteiger partial charge in [-0.25, -0.2) is 9.97 Å². The van der Waals surface area contributed by atoms with Crippen molar-refractivity contribution in [3.05, 3.63) is 120 Å². The van der Waals surface area contributed by atoms with E-state index in [4.69, 9.17) is 0 Å². The van der Waals surface area contributed by atoms with E-state index in [0.29, 0.717) is 11.1 Å². The lowest BCUT2D eigenvalue weighted by Gasteiger charge is -2.20. The van der Waals surface area contributed by atoms with Crippen molar-refractivity contribution >= 4 is 28.0 Å². The second-order valence-electron chi connectivity index (χ2n) is 7.14. The topological polar surface area (TPSA) is 54.9 Å². The average molecular weight is 389 g/mol. The van der Waals surface area contributed by atoms with Crippen molar-refractivity contribution in [2.24, 2.45) is 0 Å². The molecule has 0 aliphatic heterocycles. The van der Waals surface area contributed by atoms with Crippen molar-refractivity contribution in [3.8, 4) is 0 Å². The maximum Gasteiger partial charge on any atom is 0.252 e. The van der Waals surface area contributed by atoms with Gasteiger partial charge in [-0.05, 0) is 41.5 Å². The lowest BCUT2D eigenvalue weighted by Crippen LogP contribution is -2.29. The molecule has 0 saturated carbocycles. The molecule has 4 nitrogen and oxygen atoms in total. The molecule has 5 aromatic rings. The van der Waals surface area contributed by atoms with Crippen LogP contribution in [0.4, 0.5) is 0 Å². The van der Waals surface area contributed by atoms with Crippen LogP contribution in [0.15, 0.2) is 103 Å². The number of para-hydroxylation sites is 2. The first-order valence-corrected chi connectivity index (χ1v) is 9.85. The number of hydrogen-bond donors (Lipinski definition) is 1. The Morgan fingerprint density at radius 2 is 1.10 bits per heavy atom. The minimum absolute atomic E-state index is 0.149. The highest BCUT2D eigenvalue weighted by molar-refractivity contribution is 5.98. The van der Waals surface area contributed by atoms with Crippen molar-refractivity contribution in [2.75, 3.05) is 0 Å². The van der Waals surface area contributed by atoms with E-state index in [1.807, 2.05) is 91.0 Å². The largest absolute Gasteiger partial charge is 0.341 e. The molecule has 30 heavy (non-hydrogen) atoms. The number of aromatic nitrogens is 2. The summed E-state index contributed by atoms with van der Waals surface area (Å²) < 4.78 is 0. The molecule has 4 aromatic carbocycles. The molecule has 144 valence electrons. The van der Waals surface area contributed by atoms with Crippen LogP contribution in [0.25, 0.3) is 22.1 Å². The number of rotatable bonds is 4. The second-order valence-corrected chi connectivity index (χ2v) is 7.14. The third-order valence-corrected chi connectivity index (χ3v) is 5.14. The molecule has 0 aliphatic carbocycles. The third-order valence-electron chi connectivity index (χ3n) is 5.14. The molecule has 0 bridgehead atoms. The first-order valence-electron chi connectivity index (χ1n) is 9.85. The smallest absolute Gasteiger partial charge is 0.252 e. The molecule has 0 atom stereocenters. The highest BCUT2D eigenvalue weighted by Gasteiger charge is 2.18. The van der Waals surface area contributed by atoms with Gasteiger partial charge in [-0.2, -0.15) is 0 Å². The van der Waals surface area contributed by atoms with Gasteiger partial charge in [0.15, 0.2) is 0 Å². The van der Waals surface area contributed by atoms with E-state index in [0.717, 1.165) is 27.7 Å². The summed E-state index contributed by atoms with van der Waals surface area (Å²) in [4.78, 5) is 22.5. The molecule has 0 unspecified atom stereocenters. The highest BCUT2D eigenvalue weighted by atomic mass is 16.1. The van der Waals surface area contributed by atoms with E-state index in [-0.39, 0.29) is 11.9 Å². The molecule has 5 rings (SSSR count). The van der Waals surface area contributed by atoms with Gasteiger partial charge >= 0.3 is 0 Å². The quantitative estimate of drug-likeness (QED) is 0.424. The van der Waals surface area contributed by atoms with E-state index in [1.165, 1.54) is 0 Å². The number of nitrogens with one attached hydrogen (secondary N) is 1. The van der Waals surface area contributed by atoms with Crippen LogP contribution in [-0.4, -0.2) is 15.9 Å². The van der Waals surface area contributed by atoms with Gasteiger partial charge in [-0.1, -0.05) is 72.8 Å².